The molecule has 1 saturated heterocycles. The molecular formula is C12H15FN2O3S. The quantitative estimate of drug-likeness (QED) is 0.754. The Bertz CT molecular complexity index is 554. The second kappa shape index (κ2) is 5.66. The van der Waals surface area contributed by atoms with Gasteiger partial charge in [0.1, 0.15) is 5.82 Å². The van der Waals surface area contributed by atoms with Crippen molar-refractivity contribution in [1.82, 2.24) is 9.21 Å². The zero-order valence-electron chi connectivity index (χ0n) is 10.3. The summed E-state index contributed by atoms with van der Waals surface area (Å²) in [4.78, 5) is 12.1. The van der Waals surface area contributed by atoms with Crippen LogP contribution in [0.4, 0.5) is 4.39 Å². The molecule has 1 aliphatic heterocycles. The van der Waals surface area contributed by atoms with Crippen molar-refractivity contribution in [3.63, 3.8) is 0 Å². The monoisotopic (exact) mass is 286 g/mol. The third-order valence-corrected chi connectivity index (χ3v) is 4.94. The molecule has 104 valence electrons. The van der Waals surface area contributed by atoms with Crippen molar-refractivity contribution in [2.75, 3.05) is 26.2 Å². The molecule has 19 heavy (non-hydrogen) atoms. The fourth-order valence-electron chi connectivity index (χ4n) is 1.99. The second-order valence-electron chi connectivity index (χ2n) is 4.39. The number of sulfonamides is 1. The van der Waals surface area contributed by atoms with Crippen molar-refractivity contribution in [1.29, 1.82) is 0 Å². The normalized spacial score (nSPS) is 17.4. The molecule has 7 heteroatoms. The lowest BCUT2D eigenvalue weighted by Crippen LogP contribution is -2.48. The molecule has 0 atom stereocenters. The maximum absolute atomic E-state index is 13.5. The molecule has 1 fully saturated rings. The Balaban J connectivity index is 2.07. The fraction of sp³-hybridized carbons (Fsp3) is 0.417. The highest BCUT2D eigenvalue weighted by Gasteiger charge is 2.27. The maximum Gasteiger partial charge on any atom is 0.218 e. The molecule has 1 amide bonds. The van der Waals surface area contributed by atoms with Crippen LogP contribution >= 0.6 is 0 Å². The first-order valence-corrected chi connectivity index (χ1v) is 7.54. The Kier molecular flexibility index (Phi) is 4.16. The first-order valence-electron chi connectivity index (χ1n) is 5.93. The molecule has 0 unspecified atom stereocenters. The standard InChI is InChI=1S/C12H15FN2O3S/c13-12-4-2-1-3-11(12)9-19(17,18)15-7-5-14(10-16)6-8-15/h1-4,10H,5-9H2. The van der Waals surface area contributed by atoms with E-state index in [4.69, 9.17) is 0 Å². The number of halogens is 1. The lowest BCUT2D eigenvalue weighted by atomic mass is 10.2. The van der Waals surface area contributed by atoms with Gasteiger partial charge in [0, 0.05) is 31.7 Å². The van der Waals surface area contributed by atoms with E-state index in [9.17, 15) is 17.6 Å². The Morgan fingerprint density at radius 3 is 2.37 bits per heavy atom. The van der Waals surface area contributed by atoms with Crippen molar-refractivity contribution >= 4 is 16.4 Å². The molecule has 5 nitrogen and oxygen atoms in total. The summed E-state index contributed by atoms with van der Waals surface area (Å²) < 4.78 is 39.1. The van der Waals surface area contributed by atoms with Crippen LogP contribution in [0.2, 0.25) is 0 Å². The summed E-state index contributed by atoms with van der Waals surface area (Å²) in [7, 11) is -3.54. The molecule has 1 aromatic carbocycles. The molecule has 1 aromatic rings. The predicted octanol–water partition coefficient (Wildman–Crippen LogP) is 0.429. The van der Waals surface area contributed by atoms with Gasteiger partial charge in [-0.3, -0.25) is 4.79 Å². The number of hydrogen-bond acceptors (Lipinski definition) is 3. The van der Waals surface area contributed by atoms with E-state index < -0.39 is 15.8 Å². The lowest BCUT2D eigenvalue weighted by molar-refractivity contribution is -0.119. The number of carbonyl (C=O) groups is 1. The number of benzene rings is 1. The Morgan fingerprint density at radius 2 is 1.79 bits per heavy atom. The summed E-state index contributed by atoms with van der Waals surface area (Å²) in [6.07, 6.45) is 0.709. The summed E-state index contributed by atoms with van der Waals surface area (Å²) in [5.74, 6) is -0.863. The molecular weight excluding hydrogens is 271 g/mol. The minimum atomic E-state index is -3.54. The van der Waals surface area contributed by atoms with Gasteiger partial charge in [-0.15, -0.1) is 0 Å². The summed E-state index contributed by atoms with van der Waals surface area (Å²) in [5, 5.41) is 0. The topological polar surface area (TPSA) is 57.7 Å². The Morgan fingerprint density at radius 1 is 1.16 bits per heavy atom. The molecule has 0 spiro atoms. The largest absolute Gasteiger partial charge is 0.343 e. The van der Waals surface area contributed by atoms with Crippen LogP contribution in [0.3, 0.4) is 0 Å². The molecule has 0 bridgehead atoms. The molecule has 1 aliphatic rings. The first-order chi connectivity index (χ1) is 9.03. The average molecular weight is 286 g/mol. The average Bonchev–Trinajstić information content (AvgIpc) is 2.41. The number of hydrogen-bond donors (Lipinski definition) is 0. The van der Waals surface area contributed by atoms with Gasteiger partial charge < -0.3 is 4.90 Å². The Hall–Kier alpha value is -1.47. The van der Waals surface area contributed by atoms with Gasteiger partial charge in [-0.1, -0.05) is 18.2 Å². The van der Waals surface area contributed by atoms with E-state index in [1.807, 2.05) is 0 Å². The molecule has 0 saturated carbocycles. The van der Waals surface area contributed by atoms with Gasteiger partial charge >= 0.3 is 0 Å². The number of rotatable bonds is 4. The van der Waals surface area contributed by atoms with Crippen LogP contribution in [0.1, 0.15) is 5.56 Å². The fourth-order valence-corrected chi connectivity index (χ4v) is 3.52. The zero-order valence-corrected chi connectivity index (χ0v) is 11.1. The number of nitrogens with zero attached hydrogens (tertiary/aromatic N) is 2. The van der Waals surface area contributed by atoms with Crippen LogP contribution in [0, 0.1) is 5.82 Å². The Labute approximate surface area is 111 Å². The van der Waals surface area contributed by atoms with Gasteiger partial charge in [0.2, 0.25) is 16.4 Å². The lowest BCUT2D eigenvalue weighted by Gasteiger charge is -2.31. The summed E-state index contributed by atoms with van der Waals surface area (Å²) in [5.41, 5.74) is 0.167. The highest BCUT2D eigenvalue weighted by Crippen LogP contribution is 2.15. The summed E-state index contributed by atoms with van der Waals surface area (Å²) in [6, 6.07) is 5.84. The number of piperazine rings is 1. The number of amides is 1. The van der Waals surface area contributed by atoms with Crippen molar-refractivity contribution in [3.05, 3.63) is 35.6 Å². The van der Waals surface area contributed by atoms with Gasteiger partial charge in [-0.05, 0) is 6.07 Å². The summed E-state index contributed by atoms with van der Waals surface area (Å²) in [6.45, 7) is 1.27. The smallest absolute Gasteiger partial charge is 0.218 e. The van der Waals surface area contributed by atoms with Crippen molar-refractivity contribution in [2.45, 2.75) is 5.75 Å². The molecule has 1 heterocycles. The van der Waals surface area contributed by atoms with Crippen LogP contribution in [-0.2, 0) is 20.6 Å². The second-order valence-corrected chi connectivity index (χ2v) is 6.36. The highest BCUT2D eigenvalue weighted by atomic mass is 32.2. The van der Waals surface area contributed by atoms with Gasteiger partial charge in [-0.25, -0.2) is 12.8 Å². The SMILES string of the molecule is O=CN1CCN(S(=O)(=O)Cc2ccccc2F)CC1. The van der Waals surface area contributed by atoms with Crippen LogP contribution in [0.25, 0.3) is 0 Å². The predicted molar refractivity (Wildman–Crippen MR) is 68.2 cm³/mol. The van der Waals surface area contributed by atoms with Crippen molar-refractivity contribution in [3.8, 4) is 0 Å². The molecule has 0 N–H and O–H groups in total. The maximum atomic E-state index is 13.5. The van der Waals surface area contributed by atoms with Crippen LogP contribution in [0.5, 0.6) is 0 Å². The highest BCUT2D eigenvalue weighted by molar-refractivity contribution is 7.88. The van der Waals surface area contributed by atoms with Crippen LogP contribution in [0.15, 0.2) is 24.3 Å². The van der Waals surface area contributed by atoms with Gasteiger partial charge in [-0.2, -0.15) is 4.31 Å². The van der Waals surface area contributed by atoms with E-state index in [1.54, 1.807) is 6.07 Å². The van der Waals surface area contributed by atoms with Crippen LogP contribution in [-0.4, -0.2) is 50.2 Å². The molecule has 0 aromatic heterocycles. The minimum Gasteiger partial charge on any atom is -0.343 e. The molecule has 0 aliphatic carbocycles. The van der Waals surface area contributed by atoms with Gasteiger partial charge in [0.25, 0.3) is 0 Å². The van der Waals surface area contributed by atoms with E-state index in [2.05, 4.69) is 0 Å². The van der Waals surface area contributed by atoms with E-state index in [0.717, 1.165) is 0 Å². The molecule has 2 rings (SSSR count). The third kappa shape index (κ3) is 3.30. The van der Waals surface area contributed by atoms with E-state index in [1.165, 1.54) is 27.4 Å². The van der Waals surface area contributed by atoms with E-state index >= 15 is 0 Å². The van der Waals surface area contributed by atoms with Crippen LogP contribution < -0.4 is 0 Å². The zero-order chi connectivity index (χ0) is 13.9. The molecule has 0 radical (unpaired) electrons. The number of carbonyl (C=O) groups excluding carboxylic acids is 1. The minimum absolute atomic E-state index is 0.167. The third-order valence-electron chi connectivity index (χ3n) is 3.11. The van der Waals surface area contributed by atoms with E-state index in [-0.39, 0.29) is 24.4 Å². The van der Waals surface area contributed by atoms with E-state index in [0.29, 0.717) is 19.5 Å². The van der Waals surface area contributed by atoms with Gasteiger partial charge in [0.05, 0.1) is 5.75 Å². The first kappa shape index (κ1) is 14.0. The van der Waals surface area contributed by atoms with Crippen molar-refractivity contribution in [2.24, 2.45) is 0 Å². The summed E-state index contributed by atoms with van der Waals surface area (Å²) >= 11 is 0. The van der Waals surface area contributed by atoms with Crippen molar-refractivity contribution < 1.29 is 17.6 Å². The van der Waals surface area contributed by atoms with Gasteiger partial charge in [0.15, 0.2) is 0 Å².